The summed E-state index contributed by atoms with van der Waals surface area (Å²) in [6.07, 6.45) is 0.693. The van der Waals surface area contributed by atoms with Crippen molar-refractivity contribution in [2.45, 2.75) is 12.8 Å². The Kier molecular flexibility index (Phi) is 2.00. The van der Waals surface area contributed by atoms with E-state index in [-0.39, 0.29) is 11.1 Å². The fourth-order valence-electron chi connectivity index (χ4n) is 3.11. The van der Waals surface area contributed by atoms with Crippen molar-refractivity contribution in [3.8, 4) is 0 Å². The number of carbonyl (C=O) groups excluding carboxylic acids is 4. The van der Waals surface area contributed by atoms with Gasteiger partial charge in [0.2, 0.25) is 0 Å². The second-order valence-electron chi connectivity index (χ2n) is 5.20. The molecule has 2 aliphatic heterocycles. The van der Waals surface area contributed by atoms with Gasteiger partial charge < -0.3 is 9.47 Å². The molecule has 100 valence electrons. The Bertz CT molecular complexity index is 658. The lowest BCUT2D eigenvalue weighted by atomic mass is 9.76. The summed E-state index contributed by atoms with van der Waals surface area (Å²) in [7, 11) is 0. The molecular weight excluding hydrogens is 264 g/mol. The molecule has 1 aliphatic carbocycles. The Morgan fingerprint density at radius 3 is 1.65 bits per heavy atom. The van der Waals surface area contributed by atoms with E-state index in [2.05, 4.69) is 9.47 Å². The molecule has 0 saturated carbocycles. The molecular formula is C14H8O6. The number of cyclic esters (lactones) is 4. The summed E-state index contributed by atoms with van der Waals surface area (Å²) in [5.74, 6) is -3.32. The molecule has 1 saturated heterocycles. The van der Waals surface area contributed by atoms with Crippen molar-refractivity contribution in [2.75, 3.05) is 0 Å². The summed E-state index contributed by atoms with van der Waals surface area (Å²) in [5, 5.41) is 0. The van der Waals surface area contributed by atoms with Crippen LogP contribution in [-0.4, -0.2) is 23.9 Å². The number of hydrogen-bond acceptors (Lipinski definition) is 6. The second-order valence-corrected chi connectivity index (χ2v) is 5.20. The van der Waals surface area contributed by atoms with Crippen LogP contribution in [0.25, 0.3) is 0 Å². The highest BCUT2D eigenvalue weighted by Gasteiger charge is 2.47. The first kappa shape index (κ1) is 11.3. The van der Waals surface area contributed by atoms with Gasteiger partial charge in [0.25, 0.3) is 0 Å². The number of carbonyl (C=O) groups is 4. The van der Waals surface area contributed by atoms with E-state index in [4.69, 9.17) is 0 Å². The Balaban J connectivity index is 1.83. The van der Waals surface area contributed by atoms with Crippen LogP contribution >= 0.6 is 0 Å². The van der Waals surface area contributed by atoms with Crippen molar-refractivity contribution < 1.29 is 28.7 Å². The number of rotatable bonds is 0. The third kappa shape index (κ3) is 1.33. The molecule has 0 N–H and O–H groups in total. The normalized spacial score (nSPS) is 26.8. The van der Waals surface area contributed by atoms with Gasteiger partial charge in [-0.25, -0.2) is 9.59 Å². The predicted octanol–water partition coefficient (Wildman–Crippen LogP) is 0.412. The van der Waals surface area contributed by atoms with Crippen LogP contribution in [0.3, 0.4) is 0 Å². The predicted molar refractivity (Wildman–Crippen MR) is 61.7 cm³/mol. The number of hydrogen-bond donors (Lipinski definition) is 0. The molecule has 2 atom stereocenters. The van der Waals surface area contributed by atoms with Crippen LogP contribution in [0.1, 0.15) is 31.8 Å². The molecule has 20 heavy (non-hydrogen) atoms. The first-order chi connectivity index (χ1) is 9.54. The van der Waals surface area contributed by atoms with E-state index >= 15 is 0 Å². The average molecular weight is 272 g/mol. The van der Waals surface area contributed by atoms with Crippen molar-refractivity contribution in [3.63, 3.8) is 0 Å². The minimum absolute atomic E-state index is 0.227. The van der Waals surface area contributed by atoms with E-state index in [1.807, 2.05) is 0 Å². The molecule has 1 aromatic carbocycles. The van der Waals surface area contributed by atoms with Crippen molar-refractivity contribution in [1.82, 2.24) is 0 Å². The molecule has 6 heteroatoms. The van der Waals surface area contributed by atoms with Gasteiger partial charge in [0.05, 0.1) is 23.0 Å². The Morgan fingerprint density at radius 1 is 0.750 bits per heavy atom. The maximum absolute atomic E-state index is 11.6. The summed E-state index contributed by atoms with van der Waals surface area (Å²) < 4.78 is 9.20. The van der Waals surface area contributed by atoms with Gasteiger partial charge in [-0.05, 0) is 36.1 Å². The molecule has 2 heterocycles. The van der Waals surface area contributed by atoms with Crippen LogP contribution in [0.2, 0.25) is 0 Å². The Hall–Kier alpha value is -2.50. The summed E-state index contributed by atoms with van der Waals surface area (Å²) in [6, 6.07) is 3.17. The summed E-state index contributed by atoms with van der Waals surface area (Å²) >= 11 is 0. The van der Waals surface area contributed by atoms with Crippen LogP contribution in [0.15, 0.2) is 12.1 Å². The lowest BCUT2D eigenvalue weighted by Crippen LogP contribution is -2.28. The minimum atomic E-state index is -0.667. The van der Waals surface area contributed by atoms with Crippen molar-refractivity contribution in [1.29, 1.82) is 0 Å². The second kappa shape index (κ2) is 3.53. The average Bonchev–Trinajstić information content (AvgIpc) is 2.84. The van der Waals surface area contributed by atoms with Crippen LogP contribution in [-0.2, 0) is 31.9 Å². The first-order valence-corrected chi connectivity index (χ1v) is 6.22. The highest BCUT2D eigenvalue weighted by atomic mass is 16.6. The highest BCUT2D eigenvalue weighted by molar-refractivity contribution is 6.15. The van der Waals surface area contributed by atoms with Gasteiger partial charge in [0.15, 0.2) is 0 Å². The fourth-order valence-corrected chi connectivity index (χ4v) is 3.11. The van der Waals surface area contributed by atoms with Gasteiger partial charge in [-0.3, -0.25) is 9.59 Å². The topological polar surface area (TPSA) is 86.7 Å². The van der Waals surface area contributed by atoms with Crippen molar-refractivity contribution in [2.24, 2.45) is 11.8 Å². The number of ether oxygens (including phenoxy) is 2. The summed E-state index contributed by atoms with van der Waals surface area (Å²) in [6.45, 7) is 0. The van der Waals surface area contributed by atoms with Gasteiger partial charge >= 0.3 is 23.9 Å². The molecule has 0 bridgehead atoms. The monoisotopic (exact) mass is 272 g/mol. The van der Waals surface area contributed by atoms with E-state index in [0.717, 1.165) is 11.1 Å². The quantitative estimate of drug-likeness (QED) is 0.502. The third-order valence-corrected chi connectivity index (χ3v) is 4.14. The number of benzene rings is 1. The zero-order chi connectivity index (χ0) is 14.0. The van der Waals surface area contributed by atoms with Gasteiger partial charge in [-0.15, -0.1) is 0 Å². The third-order valence-electron chi connectivity index (χ3n) is 4.14. The van der Waals surface area contributed by atoms with Gasteiger partial charge in [0.1, 0.15) is 0 Å². The molecule has 0 spiro atoms. The Labute approximate surface area is 112 Å². The molecule has 0 amide bonds. The standard InChI is InChI=1S/C14H8O6/c15-11-7-1-5-2-9-10(14(18)20-13(9)17)4-6(5)3-8(7)12(16)19-11/h1,3,9-10H,2,4H2. The fraction of sp³-hybridized carbons (Fsp3) is 0.286. The maximum atomic E-state index is 11.6. The van der Waals surface area contributed by atoms with E-state index < -0.39 is 35.7 Å². The molecule has 6 nitrogen and oxygen atoms in total. The molecule has 1 fully saturated rings. The van der Waals surface area contributed by atoms with Crippen molar-refractivity contribution >= 4 is 23.9 Å². The smallest absolute Gasteiger partial charge is 0.346 e. The van der Waals surface area contributed by atoms with Crippen LogP contribution in [0.4, 0.5) is 0 Å². The van der Waals surface area contributed by atoms with Crippen molar-refractivity contribution in [3.05, 3.63) is 34.4 Å². The zero-order valence-corrected chi connectivity index (χ0v) is 10.2. The molecule has 3 aliphatic rings. The maximum Gasteiger partial charge on any atom is 0.346 e. The van der Waals surface area contributed by atoms with Gasteiger partial charge in [-0.2, -0.15) is 0 Å². The molecule has 0 radical (unpaired) electrons. The molecule has 4 rings (SSSR count). The van der Waals surface area contributed by atoms with Crippen LogP contribution in [0.5, 0.6) is 0 Å². The first-order valence-electron chi connectivity index (χ1n) is 6.22. The lowest BCUT2D eigenvalue weighted by molar-refractivity contribution is -0.153. The Morgan fingerprint density at radius 2 is 1.20 bits per heavy atom. The summed E-state index contributed by atoms with van der Waals surface area (Å²) in [5.41, 5.74) is 2.04. The highest BCUT2D eigenvalue weighted by Crippen LogP contribution is 2.38. The number of fused-ring (bicyclic) bond motifs is 3. The van der Waals surface area contributed by atoms with E-state index in [1.54, 1.807) is 12.1 Å². The van der Waals surface area contributed by atoms with E-state index in [1.165, 1.54) is 0 Å². The SMILES string of the molecule is O=C1OC(=O)c2cc3c(cc21)CC1C(=O)OC(=O)C1C3. The van der Waals surface area contributed by atoms with E-state index in [9.17, 15) is 19.2 Å². The van der Waals surface area contributed by atoms with E-state index in [0.29, 0.717) is 12.8 Å². The number of esters is 4. The molecule has 1 aromatic rings. The molecule has 2 unspecified atom stereocenters. The lowest BCUT2D eigenvalue weighted by Gasteiger charge is -2.23. The van der Waals surface area contributed by atoms with Crippen LogP contribution in [0, 0.1) is 11.8 Å². The largest absolute Gasteiger partial charge is 0.393 e. The zero-order valence-electron chi connectivity index (χ0n) is 10.2. The van der Waals surface area contributed by atoms with Gasteiger partial charge in [-0.1, -0.05) is 0 Å². The molecule has 0 aromatic heterocycles. The van der Waals surface area contributed by atoms with Crippen LogP contribution < -0.4 is 0 Å². The minimum Gasteiger partial charge on any atom is -0.393 e. The summed E-state index contributed by atoms with van der Waals surface area (Å²) in [4.78, 5) is 46.2. The van der Waals surface area contributed by atoms with Gasteiger partial charge in [0, 0.05) is 0 Å².